The topological polar surface area (TPSA) is 26.3 Å². The molecule has 0 N–H and O–H groups in total. The number of hydrogen-bond acceptors (Lipinski definition) is 2. The molecule has 3 aliphatic rings. The van der Waals surface area contributed by atoms with Gasteiger partial charge in [0.25, 0.3) is 0 Å². The van der Waals surface area contributed by atoms with E-state index >= 15 is 0 Å². The molecule has 4 unspecified atom stereocenters. The Kier molecular flexibility index (Phi) is 2.18. The average molecular weight is 214 g/mol. The number of ketones is 1. The van der Waals surface area contributed by atoms with Crippen molar-refractivity contribution in [2.75, 3.05) is 0 Å². The van der Waals surface area contributed by atoms with E-state index in [0.717, 1.165) is 0 Å². The third-order valence-corrected chi connectivity index (χ3v) is 3.50. The largest absolute Gasteiger partial charge is 0.364 e. The second-order valence-corrected chi connectivity index (χ2v) is 4.50. The minimum absolute atomic E-state index is 0.0510. The fourth-order valence-electron chi connectivity index (χ4n) is 2.69. The lowest BCUT2D eigenvalue weighted by Crippen LogP contribution is -2.28. The van der Waals surface area contributed by atoms with E-state index in [2.05, 4.69) is 24.3 Å². The lowest BCUT2D eigenvalue weighted by Gasteiger charge is -2.21. The van der Waals surface area contributed by atoms with Crippen molar-refractivity contribution in [3.8, 4) is 0 Å². The van der Waals surface area contributed by atoms with Gasteiger partial charge in [0.2, 0.25) is 0 Å². The van der Waals surface area contributed by atoms with Gasteiger partial charge in [-0.25, -0.2) is 0 Å². The first-order valence-corrected chi connectivity index (χ1v) is 5.66. The number of fused-ring (bicyclic) bond motifs is 3. The quantitative estimate of drug-likeness (QED) is 0.669. The Morgan fingerprint density at radius 3 is 2.81 bits per heavy atom. The highest BCUT2D eigenvalue weighted by molar-refractivity contribution is 5.82. The maximum atomic E-state index is 11.6. The highest BCUT2D eigenvalue weighted by atomic mass is 16.5. The Balaban J connectivity index is 1.96. The maximum Gasteiger partial charge on any atom is 0.139 e. The molecule has 2 heteroatoms. The van der Waals surface area contributed by atoms with Gasteiger partial charge in [-0.05, 0) is 12.5 Å². The van der Waals surface area contributed by atoms with Crippen molar-refractivity contribution >= 4 is 5.78 Å². The fourth-order valence-corrected chi connectivity index (χ4v) is 2.69. The third kappa shape index (κ3) is 1.34. The molecule has 0 saturated carbocycles. The summed E-state index contributed by atoms with van der Waals surface area (Å²) < 4.78 is 5.96. The van der Waals surface area contributed by atoms with Gasteiger partial charge in [0.05, 0.1) is 18.1 Å². The molecule has 4 atom stereocenters. The summed E-state index contributed by atoms with van der Waals surface area (Å²) in [6.07, 6.45) is 14.4. The van der Waals surface area contributed by atoms with Crippen LogP contribution in [0.15, 0.2) is 48.1 Å². The van der Waals surface area contributed by atoms with Crippen LogP contribution in [0.2, 0.25) is 0 Å². The van der Waals surface area contributed by atoms with Crippen LogP contribution in [-0.4, -0.2) is 18.0 Å². The van der Waals surface area contributed by atoms with E-state index in [0.29, 0.717) is 5.92 Å². The van der Waals surface area contributed by atoms with Crippen LogP contribution < -0.4 is 0 Å². The number of carbonyl (C=O) groups excluding carboxylic acids is 1. The number of allylic oxidation sites excluding steroid dienone is 4. The number of ether oxygens (including phenoxy) is 1. The van der Waals surface area contributed by atoms with Crippen LogP contribution in [0.25, 0.3) is 0 Å². The summed E-state index contributed by atoms with van der Waals surface area (Å²) in [4.78, 5) is 11.6. The molecule has 0 spiro atoms. The van der Waals surface area contributed by atoms with Gasteiger partial charge in [-0.1, -0.05) is 42.5 Å². The first-order chi connectivity index (χ1) is 7.77. The zero-order valence-corrected chi connectivity index (χ0v) is 9.17. The first kappa shape index (κ1) is 9.79. The van der Waals surface area contributed by atoms with E-state index in [9.17, 15) is 4.79 Å². The minimum atomic E-state index is -0.104. The molecule has 82 valence electrons. The van der Waals surface area contributed by atoms with E-state index < -0.39 is 0 Å². The highest BCUT2D eigenvalue weighted by Gasteiger charge is 2.42. The van der Waals surface area contributed by atoms with Crippen LogP contribution in [0, 0.1) is 11.8 Å². The fraction of sp³-hybridized carbons (Fsp3) is 0.357. The Bertz CT molecular complexity index is 440. The lowest BCUT2D eigenvalue weighted by atomic mass is 9.82. The molecule has 16 heavy (non-hydrogen) atoms. The molecule has 1 aliphatic heterocycles. The summed E-state index contributed by atoms with van der Waals surface area (Å²) in [7, 11) is 0. The van der Waals surface area contributed by atoms with Crippen LogP contribution in [-0.2, 0) is 9.53 Å². The molecule has 0 aromatic heterocycles. The molecule has 2 nitrogen and oxygen atoms in total. The third-order valence-electron chi connectivity index (χ3n) is 3.50. The summed E-state index contributed by atoms with van der Waals surface area (Å²) in [5.74, 6) is 0.396. The maximum absolute atomic E-state index is 11.6. The van der Waals surface area contributed by atoms with Crippen LogP contribution in [0.5, 0.6) is 0 Å². The smallest absolute Gasteiger partial charge is 0.139 e. The summed E-state index contributed by atoms with van der Waals surface area (Å²) >= 11 is 0. The molecular weight excluding hydrogens is 200 g/mol. The molecule has 0 radical (unpaired) electrons. The van der Waals surface area contributed by atoms with Crippen LogP contribution in [0.4, 0.5) is 0 Å². The standard InChI is InChI=1S/C14H14O2/c1-9(15)10-6-4-7-12-11-5-2-3-8-13(11)16-14(10)12/h2-8,10-11,13-14H,1H3. The van der Waals surface area contributed by atoms with E-state index in [1.165, 1.54) is 5.57 Å². The summed E-state index contributed by atoms with van der Waals surface area (Å²) in [6.45, 7) is 1.63. The van der Waals surface area contributed by atoms with Crippen molar-refractivity contribution in [3.05, 3.63) is 48.1 Å². The molecule has 1 fully saturated rings. The van der Waals surface area contributed by atoms with Gasteiger partial charge in [0.1, 0.15) is 5.78 Å². The molecule has 1 heterocycles. The first-order valence-electron chi connectivity index (χ1n) is 5.66. The molecular formula is C14H14O2. The van der Waals surface area contributed by atoms with E-state index in [1.807, 2.05) is 18.2 Å². The molecule has 2 aliphatic carbocycles. The van der Waals surface area contributed by atoms with Gasteiger partial charge in [-0.2, -0.15) is 0 Å². The molecule has 0 aromatic carbocycles. The van der Waals surface area contributed by atoms with Crippen LogP contribution in [0.3, 0.4) is 0 Å². The second-order valence-electron chi connectivity index (χ2n) is 4.50. The summed E-state index contributed by atoms with van der Waals surface area (Å²) in [5.41, 5.74) is 1.24. The number of Topliss-reactive ketones (excluding diaryl/α,β-unsaturated/α-hetero) is 1. The van der Waals surface area contributed by atoms with Gasteiger partial charge in [-0.15, -0.1) is 0 Å². The van der Waals surface area contributed by atoms with E-state index in [-0.39, 0.29) is 23.9 Å². The van der Waals surface area contributed by atoms with E-state index in [1.54, 1.807) is 6.92 Å². The van der Waals surface area contributed by atoms with Crippen molar-refractivity contribution in [1.29, 1.82) is 0 Å². The SMILES string of the molecule is CC(=O)C1C=CC=C2C3C=CC=CC3OC21. The van der Waals surface area contributed by atoms with Gasteiger partial charge < -0.3 is 4.74 Å². The molecule has 3 rings (SSSR count). The van der Waals surface area contributed by atoms with Gasteiger partial charge >= 0.3 is 0 Å². The highest BCUT2D eigenvalue weighted by Crippen LogP contribution is 2.41. The van der Waals surface area contributed by atoms with Crippen LogP contribution >= 0.6 is 0 Å². The molecule has 0 aromatic rings. The van der Waals surface area contributed by atoms with Crippen molar-refractivity contribution in [2.45, 2.75) is 19.1 Å². The van der Waals surface area contributed by atoms with E-state index in [4.69, 9.17) is 4.74 Å². The van der Waals surface area contributed by atoms with Crippen molar-refractivity contribution < 1.29 is 9.53 Å². The molecule has 0 amide bonds. The Hall–Kier alpha value is -1.41. The zero-order valence-electron chi connectivity index (χ0n) is 9.17. The number of carbonyl (C=O) groups is 1. The zero-order chi connectivity index (χ0) is 11.1. The molecule has 1 saturated heterocycles. The lowest BCUT2D eigenvalue weighted by molar-refractivity contribution is -0.122. The average Bonchev–Trinajstić information content (AvgIpc) is 2.67. The van der Waals surface area contributed by atoms with Gasteiger partial charge in [0.15, 0.2) is 0 Å². The Morgan fingerprint density at radius 1 is 1.19 bits per heavy atom. The summed E-state index contributed by atoms with van der Waals surface area (Å²) in [5, 5.41) is 0. The predicted molar refractivity (Wildman–Crippen MR) is 61.8 cm³/mol. The Morgan fingerprint density at radius 2 is 2.00 bits per heavy atom. The number of rotatable bonds is 1. The van der Waals surface area contributed by atoms with Gasteiger partial charge in [0, 0.05) is 5.92 Å². The van der Waals surface area contributed by atoms with Crippen LogP contribution in [0.1, 0.15) is 6.92 Å². The van der Waals surface area contributed by atoms with Crippen molar-refractivity contribution in [2.24, 2.45) is 11.8 Å². The normalized spacial score (nSPS) is 39.2. The minimum Gasteiger partial charge on any atom is -0.364 e. The van der Waals surface area contributed by atoms with Crippen molar-refractivity contribution in [1.82, 2.24) is 0 Å². The Labute approximate surface area is 95.0 Å². The predicted octanol–water partition coefficient (Wildman–Crippen LogP) is 2.20. The second kappa shape index (κ2) is 3.56. The number of hydrogen-bond donors (Lipinski definition) is 0. The summed E-state index contributed by atoms with van der Waals surface area (Å²) in [6, 6.07) is 0. The molecule has 0 bridgehead atoms. The van der Waals surface area contributed by atoms with Crippen molar-refractivity contribution in [3.63, 3.8) is 0 Å². The monoisotopic (exact) mass is 214 g/mol. The van der Waals surface area contributed by atoms with Gasteiger partial charge in [-0.3, -0.25) is 4.79 Å².